The first-order chi connectivity index (χ1) is 6.25. The summed E-state index contributed by atoms with van der Waals surface area (Å²) in [6.07, 6.45) is 0.0856. The molecule has 1 N–H and O–H groups in total. The molecule has 0 aromatic heterocycles. The highest BCUT2D eigenvalue weighted by Gasteiger charge is 2.24. The number of hydrogen-bond donors (Lipinski definition) is 1. The molecule has 2 atom stereocenters. The van der Waals surface area contributed by atoms with Gasteiger partial charge in [0.15, 0.2) is 6.29 Å². The molecule has 3 heteroatoms. The molecule has 0 radical (unpaired) electrons. The third kappa shape index (κ3) is 2.02. The topological polar surface area (TPSA) is 29.5 Å². The van der Waals surface area contributed by atoms with Gasteiger partial charge in [0.1, 0.15) is 0 Å². The zero-order chi connectivity index (χ0) is 9.26. The Morgan fingerprint density at radius 1 is 1.31 bits per heavy atom. The van der Waals surface area contributed by atoms with Crippen LogP contribution in [0.25, 0.3) is 0 Å². The molecule has 2 unspecified atom stereocenters. The van der Waals surface area contributed by atoms with Gasteiger partial charge in [-0.2, -0.15) is 0 Å². The molecule has 0 spiro atoms. The van der Waals surface area contributed by atoms with Crippen molar-refractivity contribution in [1.29, 1.82) is 0 Å². The smallest absolute Gasteiger partial charge is 0.155 e. The van der Waals surface area contributed by atoms with E-state index < -0.39 is 6.29 Å². The zero-order valence-corrected chi connectivity index (χ0v) is 7.87. The molecule has 1 aromatic rings. The van der Waals surface area contributed by atoms with E-state index in [1.54, 1.807) is 0 Å². The Morgan fingerprint density at radius 2 is 2.00 bits per heavy atom. The van der Waals surface area contributed by atoms with Crippen molar-refractivity contribution in [2.75, 3.05) is 6.61 Å². The lowest BCUT2D eigenvalue weighted by atomic mass is 9.98. The van der Waals surface area contributed by atoms with Crippen LogP contribution in [0.1, 0.15) is 17.9 Å². The minimum absolute atomic E-state index is 0.312. The average Bonchev–Trinajstić information content (AvgIpc) is 2.53. The molecule has 2 rings (SSSR count). The zero-order valence-electron chi connectivity index (χ0n) is 7.11. The molecule has 1 aliphatic rings. The van der Waals surface area contributed by atoms with Crippen molar-refractivity contribution in [3.05, 3.63) is 34.9 Å². The van der Waals surface area contributed by atoms with Gasteiger partial charge in [-0.15, -0.1) is 0 Å². The predicted molar refractivity (Wildman–Crippen MR) is 50.8 cm³/mol. The van der Waals surface area contributed by atoms with Crippen molar-refractivity contribution in [3.8, 4) is 0 Å². The molecule has 1 heterocycles. The van der Waals surface area contributed by atoms with Gasteiger partial charge < -0.3 is 9.84 Å². The summed E-state index contributed by atoms with van der Waals surface area (Å²) >= 11 is 5.77. The second-order valence-corrected chi connectivity index (χ2v) is 3.71. The first kappa shape index (κ1) is 9.00. The van der Waals surface area contributed by atoms with Gasteiger partial charge in [-0.3, -0.25) is 0 Å². The number of aliphatic hydroxyl groups excluding tert-OH is 1. The number of rotatable bonds is 1. The van der Waals surface area contributed by atoms with Gasteiger partial charge in [0.25, 0.3) is 0 Å². The number of hydrogen-bond acceptors (Lipinski definition) is 2. The summed E-state index contributed by atoms with van der Waals surface area (Å²) in [7, 11) is 0. The Morgan fingerprint density at radius 3 is 2.54 bits per heavy atom. The Hall–Kier alpha value is -0.570. The molecule has 0 amide bonds. The van der Waals surface area contributed by atoms with Crippen LogP contribution in [-0.4, -0.2) is 18.0 Å². The highest BCUT2D eigenvalue weighted by atomic mass is 35.5. The maximum absolute atomic E-state index is 9.17. The van der Waals surface area contributed by atoms with Crippen LogP contribution in [0.2, 0.25) is 5.02 Å². The summed E-state index contributed by atoms with van der Waals surface area (Å²) in [5.74, 6) is 0.312. The molecule has 1 aromatic carbocycles. The Kier molecular flexibility index (Phi) is 2.54. The van der Waals surface area contributed by atoms with Gasteiger partial charge in [0.2, 0.25) is 0 Å². The molecular weight excluding hydrogens is 188 g/mol. The van der Waals surface area contributed by atoms with E-state index in [1.165, 1.54) is 5.56 Å². The first-order valence-corrected chi connectivity index (χ1v) is 4.68. The fourth-order valence-corrected chi connectivity index (χ4v) is 1.70. The summed E-state index contributed by atoms with van der Waals surface area (Å²) in [5.41, 5.74) is 1.18. The molecule has 1 fully saturated rings. The van der Waals surface area contributed by atoms with Crippen LogP contribution in [0.3, 0.4) is 0 Å². The number of ether oxygens (including phenoxy) is 1. The molecule has 13 heavy (non-hydrogen) atoms. The van der Waals surface area contributed by atoms with Crippen LogP contribution in [0, 0.1) is 0 Å². The summed E-state index contributed by atoms with van der Waals surface area (Å²) in [6.45, 7) is 0.600. The second kappa shape index (κ2) is 3.66. The fourth-order valence-electron chi connectivity index (χ4n) is 1.57. The van der Waals surface area contributed by atoms with E-state index in [4.69, 9.17) is 21.4 Å². The summed E-state index contributed by atoms with van der Waals surface area (Å²) in [4.78, 5) is 0. The molecular formula is C10H11ClO2. The van der Waals surface area contributed by atoms with Crippen LogP contribution in [-0.2, 0) is 4.74 Å². The number of benzene rings is 1. The average molecular weight is 199 g/mol. The third-order valence-electron chi connectivity index (χ3n) is 2.32. The molecule has 0 bridgehead atoms. The summed E-state index contributed by atoms with van der Waals surface area (Å²) < 4.78 is 5.07. The first-order valence-electron chi connectivity index (χ1n) is 4.31. The third-order valence-corrected chi connectivity index (χ3v) is 2.57. The van der Waals surface area contributed by atoms with Crippen LogP contribution >= 0.6 is 11.6 Å². The van der Waals surface area contributed by atoms with Gasteiger partial charge in [-0.1, -0.05) is 23.7 Å². The Labute approximate surface area is 82.1 Å². The lowest BCUT2D eigenvalue weighted by molar-refractivity contribution is -0.0589. The molecule has 1 saturated heterocycles. The van der Waals surface area contributed by atoms with Crippen molar-refractivity contribution in [1.82, 2.24) is 0 Å². The van der Waals surface area contributed by atoms with Gasteiger partial charge in [0, 0.05) is 17.4 Å². The maximum Gasteiger partial charge on any atom is 0.155 e. The molecule has 1 aliphatic heterocycles. The van der Waals surface area contributed by atoms with Crippen molar-refractivity contribution >= 4 is 11.6 Å². The van der Waals surface area contributed by atoms with Crippen LogP contribution in [0.4, 0.5) is 0 Å². The lowest BCUT2D eigenvalue weighted by Gasteiger charge is -2.06. The SMILES string of the molecule is OC1CC(c2ccc(Cl)cc2)CO1. The van der Waals surface area contributed by atoms with E-state index in [0.29, 0.717) is 18.9 Å². The Balaban J connectivity index is 2.13. The van der Waals surface area contributed by atoms with Crippen molar-refractivity contribution in [2.24, 2.45) is 0 Å². The summed E-state index contributed by atoms with van der Waals surface area (Å²) in [6, 6.07) is 7.69. The van der Waals surface area contributed by atoms with E-state index in [1.807, 2.05) is 24.3 Å². The second-order valence-electron chi connectivity index (χ2n) is 3.27. The van der Waals surface area contributed by atoms with Crippen molar-refractivity contribution in [2.45, 2.75) is 18.6 Å². The van der Waals surface area contributed by atoms with E-state index in [9.17, 15) is 0 Å². The molecule has 2 nitrogen and oxygen atoms in total. The minimum Gasteiger partial charge on any atom is -0.368 e. The highest BCUT2D eigenvalue weighted by molar-refractivity contribution is 6.30. The standard InChI is InChI=1S/C10H11ClO2/c11-9-3-1-7(2-4-9)8-5-10(12)13-6-8/h1-4,8,10,12H,5-6H2. The van der Waals surface area contributed by atoms with Crippen molar-refractivity contribution in [3.63, 3.8) is 0 Å². The van der Waals surface area contributed by atoms with E-state index in [-0.39, 0.29) is 0 Å². The summed E-state index contributed by atoms with van der Waals surface area (Å²) in [5, 5.41) is 9.91. The van der Waals surface area contributed by atoms with Crippen LogP contribution in [0.5, 0.6) is 0 Å². The normalized spacial score (nSPS) is 27.8. The van der Waals surface area contributed by atoms with Gasteiger partial charge >= 0.3 is 0 Å². The van der Waals surface area contributed by atoms with Gasteiger partial charge in [0.05, 0.1) is 6.61 Å². The van der Waals surface area contributed by atoms with E-state index in [2.05, 4.69) is 0 Å². The largest absolute Gasteiger partial charge is 0.368 e. The minimum atomic E-state index is -0.597. The number of aliphatic hydroxyl groups is 1. The molecule has 70 valence electrons. The Bertz CT molecular complexity index is 283. The van der Waals surface area contributed by atoms with Crippen LogP contribution in [0.15, 0.2) is 24.3 Å². The van der Waals surface area contributed by atoms with E-state index in [0.717, 1.165) is 5.02 Å². The van der Waals surface area contributed by atoms with Gasteiger partial charge in [-0.05, 0) is 17.7 Å². The van der Waals surface area contributed by atoms with E-state index >= 15 is 0 Å². The highest BCUT2D eigenvalue weighted by Crippen LogP contribution is 2.28. The maximum atomic E-state index is 9.17. The monoisotopic (exact) mass is 198 g/mol. The fraction of sp³-hybridized carbons (Fsp3) is 0.400. The number of halogens is 1. The quantitative estimate of drug-likeness (QED) is 0.750. The molecule has 0 saturated carbocycles. The lowest BCUT2D eigenvalue weighted by Crippen LogP contribution is -2.00. The van der Waals surface area contributed by atoms with Crippen molar-refractivity contribution < 1.29 is 9.84 Å². The van der Waals surface area contributed by atoms with Crippen LogP contribution < -0.4 is 0 Å². The predicted octanol–water partition coefficient (Wildman–Crippen LogP) is 2.16. The van der Waals surface area contributed by atoms with Gasteiger partial charge in [-0.25, -0.2) is 0 Å². The molecule has 0 aliphatic carbocycles.